The first-order valence-electron chi connectivity index (χ1n) is 6.89. The van der Waals surface area contributed by atoms with Gasteiger partial charge in [-0.25, -0.2) is 0 Å². The number of hydrogen-bond acceptors (Lipinski definition) is 4. The molecule has 2 heterocycles. The number of aliphatic carboxylic acids is 1. The van der Waals surface area contributed by atoms with Gasteiger partial charge in [0.1, 0.15) is 5.75 Å². The van der Waals surface area contributed by atoms with Gasteiger partial charge in [-0.15, -0.1) is 11.3 Å². The highest BCUT2D eigenvalue weighted by molar-refractivity contribution is 7.13. The van der Waals surface area contributed by atoms with Crippen LogP contribution in [0.2, 0.25) is 0 Å². The van der Waals surface area contributed by atoms with Crippen LogP contribution in [0.3, 0.4) is 0 Å². The van der Waals surface area contributed by atoms with Crippen LogP contribution in [-0.2, 0) is 11.2 Å². The summed E-state index contributed by atoms with van der Waals surface area (Å²) >= 11 is 1.61. The molecular weight excluding hydrogens is 298 g/mol. The first-order valence-corrected chi connectivity index (χ1v) is 7.77. The molecule has 4 nitrogen and oxygen atoms in total. The van der Waals surface area contributed by atoms with Crippen LogP contribution in [0.1, 0.15) is 12.1 Å². The van der Waals surface area contributed by atoms with E-state index in [-0.39, 0.29) is 12.2 Å². The fraction of sp³-hybridized carbons (Fsp3) is 0.118. The summed E-state index contributed by atoms with van der Waals surface area (Å²) in [4.78, 5) is 11.8. The first-order chi connectivity index (χ1) is 10.6. The Morgan fingerprint density at radius 3 is 2.73 bits per heavy atom. The van der Waals surface area contributed by atoms with Crippen molar-refractivity contribution in [2.75, 3.05) is 0 Å². The number of aryl methyl sites for hydroxylation is 1. The molecule has 0 unspecified atom stereocenters. The molecule has 112 valence electrons. The topological polar surface area (TPSA) is 65.3 Å². The monoisotopic (exact) mass is 312 g/mol. The van der Waals surface area contributed by atoms with E-state index in [4.69, 9.17) is 0 Å². The Balaban J connectivity index is 2.10. The molecule has 3 aromatic rings. The van der Waals surface area contributed by atoms with Gasteiger partial charge in [0, 0.05) is 23.4 Å². The van der Waals surface area contributed by atoms with Crippen molar-refractivity contribution in [1.82, 2.24) is 4.57 Å². The van der Waals surface area contributed by atoms with Gasteiger partial charge < -0.3 is 19.6 Å². The number of hydrogen-bond donors (Lipinski definition) is 1. The number of thiophene rings is 1. The number of carbonyl (C=O) groups is 1. The third-order valence-corrected chi connectivity index (χ3v) is 4.30. The highest BCUT2D eigenvalue weighted by Crippen LogP contribution is 2.31. The predicted molar refractivity (Wildman–Crippen MR) is 84.1 cm³/mol. The molecule has 0 atom stereocenters. The number of phenols is 1. The van der Waals surface area contributed by atoms with E-state index in [9.17, 15) is 15.0 Å². The van der Waals surface area contributed by atoms with Crippen LogP contribution in [0.4, 0.5) is 0 Å². The number of carboxylic acids is 1. The maximum atomic E-state index is 10.8. The van der Waals surface area contributed by atoms with Crippen molar-refractivity contribution >= 4 is 17.3 Å². The number of aromatic nitrogens is 1. The molecule has 0 aliphatic rings. The Labute approximate surface area is 131 Å². The normalized spacial score (nSPS) is 10.7. The molecule has 3 rings (SSSR count). The molecule has 0 saturated heterocycles. The number of phenolic OH excluding ortho intramolecular Hbond substituents is 1. The van der Waals surface area contributed by atoms with E-state index in [0.29, 0.717) is 6.42 Å². The average Bonchev–Trinajstić information content (AvgIpc) is 3.14. The lowest BCUT2D eigenvalue weighted by atomic mass is 10.2. The largest absolute Gasteiger partial charge is 0.550 e. The van der Waals surface area contributed by atoms with Gasteiger partial charge in [-0.05, 0) is 48.6 Å². The van der Waals surface area contributed by atoms with Gasteiger partial charge in [0.15, 0.2) is 0 Å². The lowest BCUT2D eigenvalue weighted by Crippen LogP contribution is -2.22. The van der Waals surface area contributed by atoms with Crippen LogP contribution in [0.25, 0.3) is 16.3 Å². The van der Waals surface area contributed by atoms with Gasteiger partial charge in [0.05, 0.1) is 10.6 Å². The SMILES string of the molecule is O=C([O-])CCc1ccc(-c2cccs2)n1-c1cccc(O)c1. The maximum absolute atomic E-state index is 10.8. The summed E-state index contributed by atoms with van der Waals surface area (Å²) in [5.74, 6) is -0.893. The van der Waals surface area contributed by atoms with E-state index in [1.165, 1.54) is 0 Å². The number of carbonyl (C=O) groups excluding carboxylic acids is 1. The van der Waals surface area contributed by atoms with Gasteiger partial charge in [0.25, 0.3) is 0 Å². The molecule has 0 radical (unpaired) electrons. The molecular formula is C17H14NO3S-. The van der Waals surface area contributed by atoms with Crippen molar-refractivity contribution in [2.45, 2.75) is 12.8 Å². The summed E-state index contributed by atoms with van der Waals surface area (Å²) < 4.78 is 1.98. The summed E-state index contributed by atoms with van der Waals surface area (Å²) in [5.41, 5.74) is 2.66. The zero-order chi connectivity index (χ0) is 15.5. The Bertz CT molecular complexity index is 790. The van der Waals surface area contributed by atoms with Gasteiger partial charge in [0.2, 0.25) is 0 Å². The van der Waals surface area contributed by atoms with E-state index in [0.717, 1.165) is 22.0 Å². The van der Waals surface area contributed by atoms with E-state index in [2.05, 4.69) is 0 Å². The van der Waals surface area contributed by atoms with Gasteiger partial charge in [-0.3, -0.25) is 0 Å². The van der Waals surface area contributed by atoms with Crippen LogP contribution in [0.5, 0.6) is 5.75 Å². The molecule has 0 aliphatic carbocycles. The summed E-state index contributed by atoms with van der Waals surface area (Å²) in [6, 6.07) is 14.8. The Morgan fingerprint density at radius 1 is 1.18 bits per heavy atom. The van der Waals surface area contributed by atoms with E-state index >= 15 is 0 Å². The molecule has 0 aliphatic heterocycles. The summed E-state index contributed by atoms with van der Waals surface area (Å²) in [5, 5.41) is 22.5. The van der Waals surface area contributed by atoms with Crippen molar-refractivity contribution in [3.63, 3.8) is 0 Å². The highest BCUT2D eigenvalue weighted by Gasteiger charge is 2.13. The van der Waals surface area contributed by atoms with E-state index in [1.54, 1.807) is 29.5 Å². The van der Waals surface area contributed by atoms with Gasteiger partial charge >= 0.3 is 0 Å². The lowest BCUT2D eigenvalue weighted by Gasteiger charge is -2.14. The van der Waals surface area contributed by atoms with Crippen LogP contribution >= 0.6 is 11.3 Å². The quantitative estimate of drug-likeness (QED) is 0.787. The summed E-state index contributed by atoms with van der Waals surface area (Å²) in [6.07, 6.45) is 0.343. The van der Waals surface area contributed by atoms with Crippen LogP contribution < -0.4 is 5.11 Å². The molecule has 0 fully saturated rings. The third-order valence-electron chi connectivity index (χ3n) is 3.41. The van der Waals surface area contributed by atoms with Crippen molar-refractivity contribution in [2.24, 2.45) is 0 Å². The third kappa shape index (κ3) is 2.89. The number of nitrogens with zero attached hydrogens (tertiary/aromatic N) is 1. The number of rotatable bonds is 5. The fourth-order valence-electron chi connectivity index (χ4n) is 2.46. The molecule has 1 N–H and O–H groups in total. The minimum Gasteiger partial charge on any atom is -0.550 e. The fourth-order valence-corrected chi connectivity index (χ4v) is 3.20. The zero-order valence-corrected chi connectivity index (χ0v) is 12.5. The molecule has 22 heavy (non-hydrogen) atoms. The van der Waals surface area contributed by atoms with Gasteiger partial charge in [-0.1, -0.05) is 12.1 Å². The molecule has 1 aromatic carbocycles. The number of carboxylic acid groups (broad SMARTS) is 1. The predicted octanol–water partition coefficient (Wildman–Crippen LogP) is 2.59. The zero-order valence-electron chi connectivity index (χ0n) is 11.7. The Morgan fingerprint density at radius 2 is 2.05 bits per heavy atom. The first kappa shape index (κ1) is 14.4. The molecule has 0 spiro atoms. The Hall–Kier alpha value is -2.53. The van der Waals surface area contributed by atoms with Crippen LogP contribution in [0.15, 0.2) is 53.9 Å². The van der Waals surface area contributed by atoms with E-state index in [1.807, 2.05) is 40.3 Å². The smallest absolute Gasteiger partial charge is 0.117 e. The molecule has 0 bridgehead atoms. The van der Waals surface area contributed by atoms with Crippen LogP contribution in [0, 0.1) is 0 Å². The molecule has 0 saturated carbocycles. The van der Waals surface area contributed by atoms with Crippen LogP contribution in [-0.4, -0.2) is 15.6 Å². The second kappa shape index (κ2) is 6.07. The van der Waals surface area contributed by atoms with E-state index < -0.39 is 5.97 Å². The number of aromatic hydroxyl groups is 1. The Kier molecular flexibility index (Phi) is 3.98. The minimum absolute atomic E-state index is 0.0350. The van der Waals surface area contributed by atoms with Gasteiger partial charge in [-0.2, -0.15) is 0 Å². The second-order valence-corrected chi connectivity index (χ2v) is 5.86. The summed E-state index contributed by atoms with van der Waals surface area (Å²) in [7, 11) is 0. The molecule has 2 aromatic heterocycles. The molecule has 0 amide bonds. The lowest BCUT2D eigenvalue weighted by molar-refractivity contribution is -0.305. The van der Waals surface area contributed by atoms with Crippen molar-refractivity contribution in [1.29, 1.82) is 0 Å². The van der Waals surface area contributed by atoms with Crippen molar-refractivity contribution in [3.05, 3.63) is 59.6 Å². The average molecular weight is 312 g/mol. The second-order valence-electron chi connectivity index (χ2n) is 4.91. The van der Waals surface area contributed by atoms with Crippen molar-refractivity contribution < 1.29 is 15.0 Å². The minimum atomic E-state index is -1.07. The number of benzene rings is 1. The maximum Gasteiger partial charge on any atom is 0.117 e. The summed E-state index contributed by atoms with van der Waals surface area (Å²) in [6.45, 7) is 0. The molecule has 5 heteroatoms. The highest BCUT2D eigenvalue weighted by atomic mass is 32.1. The standard InChI is InChI=1S/C17H15NO3S/c19-14-4-1-3-13(11-14)18-12(7-9-17(20)21)6-8-15(18)16-5-2-10-22-16/h1-6,8,10-11,19H,7,9H2,(H,20,21)/p-1. The van der Waals surface area contributed by atoms with Crippen molar-refractivity contribution in [3.8, 4) is 22.0 Å².